The lowest BCUT2D eigenvalue weighted by Crippen LogP contribution is -2.42. The number of primary amides is 1. The molecule has 0 saturated heterocycles. The van der Waals surface area contributed by atoms with Gasteiger partial charge in [-0.15, -0.1) is 0 Å². The van der Waals surface area contributed by atoms with Gasteiger partial charge in [-0.25, -0.2) is 9.59 Å². The summed E-state index contributed by atoms with van der Waals surface area (Å²) in [5, 5.41) is 1.80. The number of furan rings is 1. The Balaban J connectivity index is 2.44. The summed E-state index contributed by atoms with van der Waals surface area (Å²) in [6.07, 6.45) is 2.83. The van der Waals surface area contributed by atoms with Gasteiger partial charge in [-0.1, -0.05) is 0 Å². The maximum absolute atomic E-state index is 11.3. The van der Waals surface area contributed by atoms with Crippen LogP contribution in [0, 0.1) is 0 Å². The van der Waals surface area contributed by atoms with Crippen LogP contribution < -0.4 is 11.1 Å². The first-order chi connectivity index (χ1) is 8.49. The summed E-state index contributed by atoms with van der Waals surface area (Å²) in [4.78, 5) is 32.9. The van der Waals surface area contributed by atoms with E-state index in [4.69, 9.17) is 14.9 Å². The molecule has 1 aromatic heterocycles. The second-order valence-corrected chi connectivity index (χ2v) is 3.28. The van der Waals surface area contributed by atoms with Gasteiger partial charge in [0.15, 0.2) is 6.10 Å². The Bertz CT molecular complexity index is 464. The molecule has 18 heavy (non-hydrogen) atoms. The number of nitrogens with one attached hydrogen (secondary N) is 1. The molecule has 0 spiro atoms. The molecule has 1 rings (SSSR count). The number of hydrogen-bond donors (Lipinski definition) is 2. The monoisotopic (exact) mass is 252 g/mol. The minimum atomic E-state index is -1.12. The van der Waals surface area contributed by atoms with Crippen LogP contribution in [0.15, 0.2) is 28.9 Å². The molecule has 0 aliphatic heterocycles. The van der Waals surface area contributed by atoms with Crippen molar-refractivity contribution in [2.75, 3.05) is 0 Å². The molecule has 7 nitrogen and oxygen atoms in total. The first kappa shape index (κ1) is 13.5. The fourth-order valence-electron chi connectivity index (χ4n) is 1.03. The first-order valence-electron chi connectivity index (χ1n) is 5.01. The zero-order valence-corrected chi connectivity index (χ0v) is 9.58. The predicted molar refractivity (Wildman–Crippen MR) is 61.0 cm³/mol. The fourth-order valence-corrected chi connectivity index (χ4v) is 1.03. The minimum absolute atomic E-state index is 0.473. The largest absolute Gasteiger partial charge is 0.465 e. The molecule has 1 unspecified atom stereocenters. The third-order valence-electron chi connectivity index (χ3n) is 1.84. The van der Waals surface area contributed by atoms with Crippen LogP contribution in [-0.4, -0.2) is 24.0 Å². The average molecular weight is 252 g/mol. The van der Waals surface area contributed by atoms with Gasteiger partial charge in [-0.2, -0.15) is 0 Å². The van der Waals surface area contributed by atoms with Crippen LogP contribution in [0.2, 0.25) is 0 Å². The Morgan fingerprint density at radius 3 is 2.78 bits per heavy atom. The molecule has 1 aromatic rings. The maximum Gasteiger partial charge on any atom is 0.331 e. The number of carbonyl (C=O) groups excluding carboxylic acids is 3. The van der Waals surface area contributed by atoms with Gasteiger partial charge in [-0.3, -0.25) is 10.1 Å². The number of imide groups is 1. The van der Waals surface area contributed by atoms with Crippen LogP contribution in [-0.2, 0) is 14.3 Å². The lowest BCUT2D eigenvalue weighted by atomic mass is 10.3. The lowest BCUT2D eigenvalue weighted by molar-refractivity contribution is -0.149. The Morgan fingerprint density at radius 2 is 2.22 bits per heavy atom. The van der Waals surface area contributed by atoms with E-state index in [0.717, 1.165) is 6.08 Å². The fraction of sp³-hybridized carbons (Fsp3) is 0.182. The predicted octanol–water partition coefficient (Wildman–Crippen LogP) is 0.419. The van der Waals surface area contributed by atoms with Crippen molar-refractivity contribution in [3.05, 3.63) is 30.2 Å². The Hall–Kier alpha value is -2.57. The summed E-state index contributed by atoms with van der Waals surface area (Å²) in [5.74, 6) is -1.05. The van der Waals surface area contributed by atoms with Crippen LogP contribution in [0.1, 0.15) is 12.7 Å². The number of carbonyl (C=O) groups is 3. The molecular formula is C11H12N2O5. The second kappa shape index (κ2) is 6.24. The van der Waals surface area contributed by atoms with Gasteiger partial charge in [0.2, 0.25) is 0 Å². The van der Waals surface area contributed by atoms with Crippen LogP contribution in [0.4, 0.5) is 4.79 Å². The number of hydrogen-bond acceptors (Lipinski definition) is 5. The molecule has 0 fully saturated rings. The Labute approximate surface area is 103 Å². The highest BCUT2D eigenvalue weighted by Gasteiger charge is 2.17. The molecule has 0 saturated carbocycles. The van der Waals surface area contributed by atoms with E-state index < -0.39 is 24.0 Å². The molecule has 0 aliphatic carbocycles. The van der Waals surface area contributed by atoms with E-state index in [1.165, 1.54) is 19.3 Å². The molecule has 7 heteroatoms. The highest BCUT2D eigenvalue weighted by Crippen LogP contribution is 2.03. The molecule has 0 radical (unpaired) electrons. The summed E-state index contributed by atoms with van der Waals surface area (Å²) in [6, 6.07) is 2.30. The molecule has 1 atom stereocenters. The molecule has 96 valence electrons. The zero-order chi connectivity index (χ0) is 13.5. The number of urea groups is 1. The third-order valence-corrected chi connectivity index (χ3v) is 1.84. The number of amides is 3. The van der Waals surface area contributed by atoms with Crippen molar-refractivity contribution in [1.82, 2.24) is 5.32 Å². The Morgan fingerprint density at radius 1 is 1.50 bits per heavy atom. The van der Waals surface area contributed by atoms with Gasteiger partial charge in [0.1, 0.15) is 5.76 Å². The van der Waals surface area contributed by atoms with Crippen molar-refractivity contribution in [3.63, 3.8) is 0 Å². The van der Waals surface area contributed by atoms with Gasteiger partial charge < -0.3 is 14.9 Å². The SMILES string of the molecule is CC(OC(=O)C=Cc1ccco1)C(=O)NC(N)=O. The smallest absolute Gasteiger partial charge is 0.331 e. The quantitative estimate of drug-likeness (QED) is 0.595. The molecule has 3 N–H and O–H groups in total. The molecule has 0 aromatic carbocycles. The van der Waals surface area contributed by atoms with E-state index in [-0.39, 0.29) is 0 Å². The summed E-state index contributed by atoms with van der Waals surface area (Å²) >= 11 is 0. The van der Waals surface area contributed by atoms with Crippen LogP contribution in [0.25, 0.3) is 6.08 Å². The van der Waals surface area contributed by atoms with Crippen LogP contribution in [0.3, 0.4) is 0 Å². The molecule has 0 bridgehead atoms. The van der Waals surface area contributed by atoms with Gasteiger partial charge in [0, 0.05) is 6.08 Å². The van der Waals surface area contributed by atoms with Gasteiger partial charge >= 0.3 is 12.0 Å². The van der Waals surface area contributed by atoms with E-state index in [0.29, 0.717) is 5.76 Å². The average Bonchev–Trinajstić information content (AvgIpc) is 2.78. The maximum atomic E-state index is 11.3. The molecule has 1 heterocycles. The lowest BCUT2D eigenvalue weighted by Gasteiger charge is -2.09. The summed E-state index contributed by atoms with van der Waals surface area (Å²) in [5.41, 5.74) is 4.75. The molecule has 0 aliphatic rings. The zero-order valence-electron chi connectivity index (χ0n) is 9.58. The van der Waals surface area contributed by atoms with Crippen molar-refractivity contribution in [2.45, 2.75) is 13.0 Å². The van der Waals surface area contributed by atoms with Gasteiger partial charge in [-0.05, 0) is 25.1 Å². The number of rotatable bonds is 4. The van der Waals surface area contributed by atoms with Crippen molar-refractivity contribution < 1.29 is 23.5 Å². The van der Waals surface area contributed by atoms with Crippen molar-refractivity contribution in [3.8, 4) is 0 Å². The summed E-state index contributed by atoms with van der Waals surface area (Å²) < 4.78 is 9.68. The number of nitrogens with two attached hydrogens (primary N) is 1. The van der Waals surface area contributed by atoms with E-state index in [1.807, 2.05) is 0 Å². The van der Waals surface area contributed by atoms with Crippen molar-refractivity contribution in [2.24, 2.45) is 5.73 Å². The number of ether oxygens (including phenoxy) is 1. The van der Waals surface area contributed by atoms with Crippen LogP contribution >= 0.6 is 0 Å². The summed E-state index contributed by atoms with van der Waals surface area (Å²) in [7, 11) is 0. The first-order valence-corrected chi connectivity index (χ1v) is 5.01. The standard InChI is InChI=1S/C11H12N2O5/c1-7(10(15)13-11(12)16)18-9(14)5-4-8-3-2-6-17-8/h2-7H,1H3,(H3,12,13,15,16). The van der Waals surface area contributed by atoms with Gasteiger partial charge in [0.25, 0.3) is 5.91 Å². The Kier molecular flexibility index (Phi) is 4.67. The van der Waals surface area contributed by atoms with E-state index >= 15 is 0 Å². The summed E-state index contributed by atoms with van der Waals surface area (Å²) in [6.45, 7) is 1.32. The van der Waals surface area contributed by atoms with Gasteiger partial charge in [0.05, 0.1) is 6.26 Å². The minimum Gasteiger partial charge on any atom is -0.465 e. The normalized spacial score (nSPS) is 12.1. The highest BCUT2D eigenvalue weighted by molar-refractivity contribution is 5.97. The van der Waals surface area contributed by atoms with Crippen molar-refractivity contribution in [1.29, 1.82) is 0 Å². The van der Waals surface area contributed by atoms with Crippen molar-refractivity contribution >= 4 is 24.0 Å². The van der Waals surface area contributed by atoms with E-state index in [2.05, 4.69) is 0 Å². The third kappa shape index (κ3) is 4.52. The second-order valence-electron chi connectivity index (χ2n) is 3.28. The van der Waals surface area contributed by atoms with Crippen LogP contribution in [0.5, 0.6) is 0 Å². The molecule has 3 amide bonds. The van der Waals surface area contributed by atoms with E-state index in [1.54, 1.807) is 17.4 Å². The molecular weight excluding hydrogens is 240 g/mol. The topological polar surface area (TPSA) is 112 Å². The number of esters is 1. The highest BCUT2D eigenvalue weighted by atomic mass is 16.5. The van der Waals surface area contributed by atoms with E-state index in [9.17, 15) is 14.4 Å².